The number of methoxy groups -OCH3 is 1. The molecule has 0 saturated carbocycles. The molecule has 110 valence electrons. The molecule has 3 N–H and O–H groups in total. The lowest BCUT2D eigenvalue weighted by molar-refractivity contribution is 0.0602. The molecule has 0 atom stereocenters. The number of hydrogen-bond donors (Lipinski definition) is 2. The third-order valence-electron chi connectivity index (χ3n) is 2.79. The van der Waals surface area contributed by atoms with Gasteiger partial charge in [-0.25, -0.2) is 13.6 Å². The van der Waals surface area contributed by atoms with Crippen molar-refractivity contribution in [3.8, 4) is 0 Å². The van der Waals surface area contributed by atoms with E-state index in [4.69, 9.17) is 5.73 Å². The smallest absolute Gasteiger partial charge is 0.340 e. The Bertz CT molecular complexity index is 708. The Kier molecular flexibility index (Phi) is 4.42. The minimum atomic E-state index is -0.661. The minimum Gasteiger partial charge on any atom is -0.465 e. The summed E-state index contributed by atoms with van der Waals surface area (Å²) in [5, 5.41) is 2.66. The zero-order valence-electron chi connectivity index (χ0n) is 10.9. The maximum Gasteiger partial charge on any atom is 0.340 e. The minimum absolute atomic E-state index is 0.0156. The molecule has 0 aromatic heterocycles. The van der Waals surface area contributed by atoms with E-state index in [2.05, 4.69) is 26.0 Å². The van der Waals surface area contributed by atoms with Crippen molar-refractivity contribution in [1.29, 1.82) is 0 Å². The highest BCUT2D eigenvalue weighted by atomic mass is 79.9. The number of rotatable bonds is 3. The molecule has 0 aliphatic rings. The van der Waals surface area contributed by atoms with Crippen molar-refractivity contribution in [2.24, 2.45) is 0 Å². The SMILES string of the molecule is COC(=O)c1cccc(Nc2cc(F)c(Br)cc2F)c1N. The van der Waals surface area contributed by atoms with Gasteiger partial charge in [0, 0.05) is 6.07 Å². The predicted octanol–water partition coefficient (Wildman–Crippen LogP) is 3.84. The van der Waals surface area contributed by atoms with Crippen molar-refractivity contribution in [3.05, 3.63) is 52.0 Å². The highest BCUT2D eigenvalue weighted by molar-refractivity contribution is 9.10. The lowest BCUT2D eigenvalue weighted by Gasteiger charge is -2.13. The van der Waals surface area contributed by atoms with Crippen molar-refractivity contribution < 1.29 is 18.3 Å². The number of nitrogen functional groups attached to an aromatic ring is 1. The Balaban J connectivity index is 2.41. The number of benzene rings is 2. The topological polar surface area (TPSA) is 64.3 Å². The van der Waals surface area contributed by atoms with Crippen molar-refractivity contribution in [1.82, 2.24) is 0 Å². The molecule has 0 aliphatic carbocycles. The summed E-state index contributed by atoms with van der Waals surface area (Å²) in [6, 6.07) is 6.56. The molecule has 0 spiro atoms. The first-order valence-electron chi connectivity index (χ1n) is 5.82. The van der Waals surface area contributed by atoms with Crippen LogP contribution in [0.25, 0.3) is 0 Å². The van der Waals surface area contributed by atoms with Crippen LogP contribution in [0.5, 0.6) is 0 Å². The molecule has 7 heteroatoms. The van der Waals surface area contributed by atoms with Gasteiger partial charge in [-0.1, -0.05) is 6.07 Å². The summed E-state index contributed by atoms with van der Waals surface area (Å²) < 4.78 is 31.9. The molecular weight excluding hydrogens is 346 g/mol. The fourth-order valence-corrected chi connectivity index (χ4v) is 2.04. The molecule has 4 nitrogen and oxygen atoms in total. The van der Waals surface area contributed by atoms with Gasteiger partial charge in [0.15, 0.2) is 0 Å². The summed E-state index contributed by atoms with van der Waals surface area (Å²) in [5.41, 5.74) is 6.25. The van der Waals surface area contributed by atoms with Gasteiger partial charge in [0.1, 0.15) is 11.6 Å². The molecule has 0 saturated heterocycles. The van der Waals surface area contributed by atoms with Crippen molar-refractivity contribution >= 4 is 39.0 Å². The zero-order chi connectivity index (χ0) is 15.6. The summed E-state index contributed by atoms with van der Waals surface area (Å²) in [6.07, 6.45) is 0. The first-order valence-corrected chi connectivity index (χ1v) is 6.61. The fraction of sp³-hybridized carbons (Fsp3) is 0.0714. The molecule has 2 rings (SSSR count). The van der Waals surface area contributed by atoms with Crippen LogP contribution in [-0.4, -0.2) is 13.1 Å². The van der Waals surface area contributed by atoms with Gasteiger partial charge in [0.2, 0.25) is 0 Å². The normalized spacial score (nSPS) is 10.3. The number of carbonyl (C=O) groups is 1. The Morgan fingerprint density at radius 2 is 1.95 bits per heavy atom. The van der Waals surface area contributed by atoms with Crippen LogP contribution in [0.3, 0.4) is 0 Å². The second kappa shape index (κ2) is 6.09. The molecule has 0 unspecified atom stereocenters. The molecule has 2 aromatic rings. The van der Waals surface area contributed by atoms with E-state index in [1.54, 1.807) is 12.1 Å². The Labute approximate surface area is 128 Å². The number of esters is 1. The molecule has 0 bridgehead atoms. The van der Waals surface area contributed by atoms with Crippen LogP contribution < -0.4 is 11.1 Å². The lowest BCUT2D eigenvalue weighted by atomic mass is 10.1. The highest BCUT2D eigenvalue weighted by Crippen LogP contribution is 2.30. The van der Waals surface area contributed by atoms with E-state index in [9.17, 15) is 13.6 Å². The lowest BCUT2D eigenvalue weighted by Crippen LogP contribution is -2.08. The third-order valence-corrected chi connectivity index (χ3v) is 3.40. The molecule has 0 aliphatic heterocycles. The molecule has 0 fully saturated rings. The average Bonchev–Trinajstić information content (AvgIpc) is 2.46. The van der Waals surface area contributed by atoms with Crippen LogP contribution in [0.1, 0.15) is 10.4 Å². The standard InChI is InChI=1S/C14H11BrF2N2O2/c1-21-14(20)7-3-2-4-11(13(7)18)19-12-6-9(16)8(15)5-10(12)17/h2-6,19H,18H2,1H3. The van der Waals surface area contributed by atoms with Gasteiger partial charge in [0.05, 0.1) is 34.2 Å². The highest BCUT2D eigenvalue weighted by Gasteiger charge is 2.14. The largest absolute Gasteiger partial charge is 0.465 e. The molecule has 21 heavy (non-hydrogen) atoms. The van der Waals surface area contributed by atoms with Crippen LogP contribution in [0, 0.1) is 11.6 Å². The van der Waals surface area contributed by atoms with Gasteiger partial charge in [-0.05, 0) is 34.1 Å². The van der Waals surface area contributed by atoms with E-state index in [1.165, 1.54) is 13.2 Å². The molecular formula is C14H11BrF2N2O2. The summed E-state index contributed by atoms with van der Waals surface area (Å²) in [7, 11) is 1.23. The summed E-state index contributed by atoms with van der Waals surface area (Å²) in [6.45, 7) is 0. The average molecular weight is 357 g/mol. The first kappa shape index (κ1) is 15.2. The Hall–Kier alpha value is -2.15. The van der Waals surface area contributed by atoms with Crippen LogP contribution in [0.4, 0.5) is 25.8 Å². The number of anilines is 3. The number of halogens is 3. The molecule has 2 aromatic carbocycles. The van der Waals surface area contributed by atoms with Crippen LogP contribution in [-0.2, 0) is 4.74 Å². The van der Waals surface area contributed by atoms with Crippen molar-refractivity contribution in [3.63, 3.8) is 0 Å². The van der Waals surface area contributed by atoms with Gasteiger partial charge in [0.25, 0.3) is 0 Å². The second-order valence-corrected chi connectivity index (χ2v) is 4.98. The number of ether oxygens (including phenoxy) is 1. The van der Waals surface area contributed by atoms with Gasteiger partial charge in [-0.15, -0.1) is 0 Å². The predicted molar refractivity (Wildman–Crippen MR) is 79.5 cm³/mol. The number of nitrogens with two attached hydrogens (primary N) is 1. The second-order valence-electron chi connectivity index (χ2n) is 4.13. The zero-order valence-corrected chi connectivity index (χ0v) is 12.5. The van der Waals surface area contributed by atoms with Crippen LogP contribution in [0.15, 0.2) is 34.8 Å². The molecule has 0 radical (unpaired) electrons. The van der Waals surface area contributed by atoms with Gasteiger partial charge in [-0.3, -0.25) is 0 Å². The maximum absolute atomic E-state index is 13.8. The van der Waals surface area contributed by atoms with E-state index >= 15 is 0 Å². The molecule has 0 heterocycles. The Morgan fingerprint density at radius 3 is 2.62 bits per heavy atom. The third kappa shape index (κ3) is 3.13. The number of nitrogens with one attached hydrogen (secondary N) is 1. The van der Waals surface area contributed by atoms with E-state index < -0.39 is 17.6 Å². The van der Waals surface area contributed by atoms with Crippen LogP contribution in [0.2, 0.25) is 0 Å². The van der Waals surface area contributed by atoms with Crippen molar-refractivity contribution in [2.75, 3.05) is 18.2 Å². The summed E-state index contributed by atoms with van der Waals surface area (Å²) in [4.78, 5) is 11.5. The number of para-hydroxylation sites is 1. The van der Waals surface area contributed by atoms with E-state index in [1.807, 2.05) is 0 Å². The summed E-state index contributed by atoms with van der Waals surface area (Å²) >= 11 is 2.89. The first-order chi connectivity index (χ1) is 9.93. The van der Waals surface area contributed by atoms with E-state index in [0.717, 1.165) is 12.1 Å². The van der Waals surface area contributed by atoms with Crippen LogP contribution >= 0.6 is 15.9 Å². The number of carbonyl (C=O) groups excluding carboxylic acids is 1. The summed E-state index contributed by atoms with van der Waals surface area (Å²) in [5.74, 6) is -1.90. The van der Waals surface area contributed by atoms with E-state index in [0.29, 0.717) is 0 Å². The Morgan fingerprint density at radius 1 is 1.24 bits per heavy atom. The van der Waals surface area contributed by atoms with Gasteiger partial charge in [-0.2, -0.15) is 0 Å². The van der Waals surface area contributed by atoms with Crippen molar-refractivity contribution in [2.45, 2.75) is 0 Å². The molecule has 0 amide bonds. The number of hydrogen-bond acceptors (Lipinski definition) is 4. The maximum atomic E-state index is 13.8. The van der Waals surface area contributed by atoms with E-state index in [-0.39, 0.29) is 27.1 Å². The fourth-order valence-electron chi connectivity index (χ4n) is 1.73. The monoisotopic (exact) mass is 356 g/mol. The quantitative estimate of drug-likeness (QED) is 0.498. The van der Waals surface area contributed by atoms with Gasteiger partial charge >= 0.3 is 5.97 Å². The van der Waals surface area contributed by atoms with Gasteiger partial charge < -0.3 is 15.8 Å².